The standard InChI is InChI=1S/C11H12N2O2/c1-3-12-11(15)9-5-4-6-10(8(9)2)13-7-14/h4-6H,3H2,1-2H3,(H,12,15). The molecular formula is C11H12N2O2. The molecule has 0 saturated carbocycles. The minimum Gasteiger partial charge on any atom is -0.352 e. The molecule has 1 N–H and O–H groups in total. The Morgan fingerprint density at radius 1 is 1.53 bits per heavy atom. The Bertz CT molecular complexity index is 421. The quantitative estimate of drug-likeness (QED) is 0.602. The van der Waals surface area contributed by atoms with E-state index in [4.69, 9.17) is 0 Å². The maximum atomic E-state index is 11.6. The number of nitrogens with one attached hydrogen (secondary N) is 1. The van der Waals surface area contributed by atoms with Gasteiger partial charge in [-0.1, -0.05) is 6.07 Å². The van der Waals surface area contributed by atoms with Gasteiger partial charge in [-0.05, 0) is 31.5 Å². The van der Waals surface area contributed by atoms with Crippen molar-refractivity contribution >= 4 is 17.7 Å². The van der Waals surface area contributed by atoms with E-state index >= 15 is 0 Å². The fourth-order valence-corrected chi connectivity index (χ4v) is 1.30. The van der Waals surface area contributed by atoms with Crippen LogP contribution in [0.2, 0.25) is 0 Å². The number of aliphatic imine (C=N–C) groups is 1. The molecule has 0 aliphatic rings. The van der Waals surface area contributed by atoms with Gasteiger partial charge in [0.2, 0.25) is 6.08 Å². The molecule has 0 aliphatic heterocycles. The molecule has 15 heavy (non-hydrogen) atoms. The Hall–Kier alpha value is -1.93. The molecule has 0 bridgehead atoms. The van der Waals surface area contributed by atoms with Crippen molar-refractivity contribution in [1.29, 1.82) is 0 Å². The summed E-state index contributed by atoms with van der Waals surface area (Å²) >= 11 is 0. The second-order valence-corrected chi connectivity index (χ2v) is 3.01. The molecule has 0 heterocycles. The molecule has 0 radical (unpaired) electrons. The lowest BCUT2D eigenvalue weighted by Crippen LogP contribution is -2.23. The van der Waals surface area contributed by atoms with Gasteiger partial charge in [0, 0.05) is 12.1 Å². The highest BCUT2D eigenvalue weighted by Gasteiger charge is 2.09. The summed E-state index contributed by atoms with van der Waals surface area (Å²) in [6.07, 6.45) is 1.47. The van der Waals surface area contributed by atoms with Gasteiger partial charge in [-0.2, -0.15) is 4.99 Å². The molecule has 0 aromatic heterocycles. The third kappa shape index (κ3) is 2.51. The molecule has 1 aromatic carbocycles. The molecule has 0 atom stereocenters. The zero-order chi connectivity index (χ0) is 11.3. The summed E-state index contributed by atoms with van der Waals surface area (Å²) in [6.45, 7) is 4.17. The summed E-state index contributed by atoms with van der Waals surface area (Å²) in [5.74, 6) is -0.155. The highest BCUT2D eigenvalue weighted by Crippen LogP contribution is 2.21. The Balaban J connectivity index is 3.14. The van der Waals surface area contributed by atoms with Crippen LogP contribution in [0.3, 0.4) is 0 Å². The Morgan fingerprint density at radius 2 is 2.27 bits per heavy atom. The summed E-state index contributed by atoms with van der Waals surface area (Å²) in [7, 11) is 0. The highest BCUT2D eigenvalue weighted by molar-refractivity contribution is 5.96. The summed E-state index contributed by atoms with van der Waals surface area (Å²) in [6, 6.07) is 5.06. The van der Waals surface area contributed by atoms with Crippen LogP contribution < -0.4 is 5.32 Å². The summed E-state index contributed by atoms with van der Waals surface area (Å²) < 4.78 is 0. The molecule has 0 spiro atoms. The minimum atomic E-state index is -0.155. The molecule has 4 heteroatoms. The zero-order valence-corrected chi connectivity index (χ0v) is 8.70. The highest BCUT2D eigenvalue weighted by atomic mass is 16.1. The number of hydrogen-bond acceptors (Lipinski definition) is 3. The van der Waals surface area contributed by atoms with Crippen LogP contribution in [0, 0.1) is 6.92 Å². The van der Waals surface area contributed by atoms with Gasteiger partial charge in [-0.3, -0.25) is 4.79 Å². The van der Waals surface area contributed by atoms with E-state index in [0.29, 0.717) is 23.4 Å². The molecule has 0 saturated heterocycles. The number of carbonyl (C=O) groups excluding carboxylic acids is 2. The lowest BCUT2D eigenvalue weighted by atomic mass is 10.1. The lowest BCUT2D eigenvalue weighted by molar-refractivity contribution is 0.0955. The van der Waals surface area contributed by atoms with Crippen molar-refractivity contribution in [2.75, 3.05) is 6.54 Å². The van der Waals surface area contributed by atoms with Gasteiger partial charge >= 0.3 is 0 Å². The van der Waals surface area contributed by atoms with Crippen LogP contribution in [0.4, 0.5) is 5.69 Å². The van der Waals surface area contributed by atoms with Gasteiger partial charge in [0.15, 0.2) is 0 Å². The van der Waals surface area contributed by atoms with Crippen molar-refractivity contribution in [2.24, 2.45) is 4.99 Å². The maximum Gasteiger partial charge on any atom is 0.251 e. The molecule has 78 valence electrons. The Morgan fingerprint density at radius 3 is 2.87 bits per heavy atom. The van der Waals surface area contributed by atoms with Crippen LogP contribution in [0.15, 0.2) is 23.2 Å². The predicted octanol–water partition coefficient (Wildman–Crippen LogP) is 1.71. The third-order valence-corrected chi connectivity index (χ3v) is 2.05. The fourth-order valence-electron chi connectivity index (χ4n) is 1.30. The van der Waals surface area contributed by atoms with Gasteiger partial charge in [0.1, 0.15) is 0 Å². The van der Waals surface area contributed by atoms with Gasteiger partial charge in [-0.25, -0.2) is 4.79 Å². The molecule has 0 aliphatic carbocycles. The van der Waals surface area contributed by atoms with Crippen molar-refractivity contribution in [2.45, 2.75) is 13.8 Å². The van der Waals surface area contributed by atoms with Crippen molar-refractivity contribution in [3.63, 3.8) is 0 Å². The molecule has 1 amide bonds. The SMILES string of the molecule is CCNC(=O)c1cccc(N=C=O)c1C. The smallest absolute Gasteiger partial charge is 0.251 e. The first kappa shape index (κ1) is 11.1. The number of hydrogen-bond donors (Lipinski definition) is 1. The largest absolute Gasteiger partial charge is 0.352 e. The van der Waals surface area contributed by atoms with Crippen molar-refractivity contribution in [3.05, 3.63) is 29.3 Å². The summed E-state index contributed by atoms with van der Waals surface area (Å²) in [4.78, 5) is 25.2. The molecule has 1 rings (SSSR count). The van der Waals surface area contributed by atoms with Gasteiger partial charge in [-0.15, -0.1) is 0 Å². The van der Waals surface area contributed by atoms with E-state index in [9.17, 15) is 9.59 Å². The van der Waals surface area contributed by atoms with Crippen LogP contribution in [-0.4, -0.2) is 18.5 Å². The van der Waals surface area contributed by atoms with E-state index in [0.717, 1.165) is 0 Å². The number of nitrogens with zero attached hydrogens (tertiary/aromatic N) is 1. The number of carbonyl (C=O) groups is 1. The zero-order valence-electron chi connectivity index (χ0n) is 8.70. The van der Waals surface area contributed by atoms with E-state index in [2.05, 4.69) is 10.3 Å². The topological polar surface area (TPSA) is 58.5 Å². The van der Waals surface area contributed by atoms with Crippen LogP contribution in [-0.2, 0) is 4.79 Å². The third-order valence-electron chi connectivity index (χ3n) is 2.05. The van der Waals surface area contributed by atoms with Crippen molar-refractivity contribution in [1.82, 2.24) is 5.32 Å². The first-order valence-electron chi connectivity index (χ1n) is 4.66. The van der Waals surface area contributed by atoms with Crippen LogP contribution in [0.25, 0.3) is 0 Å². The van der Waals surface area contributed by atoms with E-state index < -0.39 is 0 Å². The lowest BCUT2D eigenvalue weighted by Gasteiger charge is -2.06. The molecule has 4 nitrogen and oxygen atoms in total. The van der Waals surface area contributed by atoms with E-state index in [1.807, 2.05) is 6.92 Å². The molecular weight excluding hydrogens is 192 g/mol. The monoisotopic (exact) mass is 204 g/mol. The average Bonchev–Trinajstić information content (AvgIpc) is 2.22. The van der Waals surface area contributed by atoms with Crippen LogP contribution >= 0.6 is 0 Å². The van der Waals surface area contributed by atoms with Crippen molar-refractivity contribution in [3.8, 4) is 0 Å². The second kappa shape index (κ2) is 5.08. The summed E-state index contributed by atoms with van der Waals surface area (Å²) in [5.41, 5.74) is 1.70. The molecule has 0 unspecified atom stereocenters. The fraction of sp³-hybridized carbons (Fsp3) is 0.273. The first-order valence-corrected chi connectivity index (χ1v) is 4.66. The average molecular weight is 204 g/mol. The van der Waals surface area contributed by atoms with Crippen LogP contribution in [0.5, 0.6) is 0 Å². The van der Waals surface area contributed by atoms with E-state index in [-0.39, 0.29) is 5.91 Å². The summed E-state index contributed by atoms with van der Waals surface area (Å²) in [5, 5.41) is 2.69. The first-order chi connectivity index (χ1) is 7.20. The normalized spacial score (nSPS) is 9.20. The van der Waals surface area contributed by atoms with Crippen molar-refractivity contribution < 1.29 is 9.59 Å². The predicted molar refractivity (Wildman–Crippen MR) is 57.0 cm³/mol. The minimum absolute atomic E-state index is 0.155. The number of rotatable bonds is 3. The second-order valence-electron chi connectivity index (χ2n) is 3.01. The molecule has 0 fully saturated rings. The van der Waals surface area contributed by atoms with Gasteiger partial charge in [0.05, 0.1) is 5.69 Å². The number of isocyanates is 1. The Kier molecular flexibility index (Phi) is 3.77. The van der Waals surface area contributed by atoms with Gasteiger partial charge in [0.25, 0.3) is 5.91 Å². The van der Waals surface area contributed by atoms with E-state index in [1.54, 1.807) is 25.1 Å². The maximum absolute atomic E-state index is 11.6. The number of benzene rings is 1. The van der Waals surface area contributed by atoms with Gasteiger partial charge < -0.3 is 5.32 Å². The van der Waals surface area contributed by atoms with Crippen LogP contribution in [0.1, 0.15) is 22.8 Å². The Labute approximate surface area is 88.0 Å². The van der Waals surface area contributed by atoms with E-state index in [1.165, 1.54) is 6.08 Å². The number of amides is 1. The molecule has 1 aromatic rings.